The predicted molar refractivity (Wildman–Crippen MR) is 86.8 cm³/mol. The zero-order valence-corrected chi connectivity index (χ0v) is 12.6. The van der Waals surface area contributed by atoms with Gasteiger partial charge in [0.1, 0.15) is 5.75 Å². The third-order valence-electron chi connectivity index (χ3n) is 4.18. The number of hydrogen-bond donors (Lipinski definition) is 3. The fourth-order valence-corrected chi connectivity index (χ4v) is 3.05. The summed E-state index contributed by atoms with van der Waals surface area (Å²) >= 11 is 0. The van der Waals surface area contributed by atoms with Gasteiger partial charge in [-0.05, 0) is 61.6 Å². The van der Waals surface area contributed by atoms with E-state index in [-0.39, 0.29) is 17.7 Å². The van der Waals surface area contributed by atoms with Crippen LogP contribution < -0.4 is 11.1 Å². The summed E-state index contributed by atoms with van der Waals surface area (Å²) in [4.78, 5) is 12.5. The van der Waals surface area contributed by atoms with Crippen LogP contribution in [0.4, 0.5) is 5.69 Å². The summed E-state index contributed by atoms with van der Waals surface area (Å²) < 4.78 is 0. The highest BCUT2D eigenvalue weighted by Gasteiger charge is 2.23. The van der Waals surface area contributed by atoms with E-state index >= 15 is 0 Å². The quantitative estimate of drug-likeness (QED) is 0.745. The van der Waals surface area contributed by atoms with Crippen LogP contribution in [-0.4, -0.2) is 11.0 Å². The Morgan fingerprint density at radius 1 is 1.27 bits per heavy atom. The molecular formula is C18H20N2O2. The second-order valence-electron chi connectivity index (χ2n) is 5.90. The lowest BCUT2D eigenvalue weighted by molar-refractivity contribution is 0.0930. The van der Waals surface area contributed by atoms with Crippen molar-refractivity contribution >= 4 is 11.6 Å². The van der Waals surface area contributed by atoms with Crippen LogP contribution in [0.15, 0.2) is 36.4 Å². The molecule has 2 aromatic rings. The summed E-state index contributed by atoms with van der Waals surface area (Å²) in [7, 11) is 0. The number of aryl methyl sites for hydroxylation is 2. The van der Waals surface area contributed by atoms with Gasteiger partial charge in [-0.3, -0.25) is 4.79 Å². The largest absolute Gasteiger partial charge is 0.507 e. The number of benzene rings is 2. The fourth-order valence-electron chi connectivity index (χ4n) is 3.05. The Kier molecular flexibility index (Phi) is 3.75. The zero-order valence-electron chi connectivity index (χ0n) is 12.6. The molecule has 0 bridgehead atoms. The lowest BCUT2D eigenvalue weighted by atomic mass is 9.87. The molecule has 0 saturated carbocycles. The number of aromatic hydroxyl groups is 1. The van der Waals surface area contributed by atoms with Crippen molar-refractivity contribution in [3.8, 4) is 5.75 Å². The molecule has 0 aliphatic heterocycles. The summed E-state index contributed by atoms with van der Waals surface area (Å²) in [5.74, 6) is -0.229. The highest BCUT2D eigenvalue weighted by molar-refractivity contribution is 5.97. The number of hydrogen-bond acceptors (Lipinski definition) is 3. The molecule has 3 rings (SSSR count). The molecule has 0 heterocycles. The van der Waals surface area contributed by atoms with Gasteiger partial charge in [-0.2, -0.15) is 0 Å². The first-order chi connectivity index (χ1) is 10.5. The maximum Gasteiger partial charge on any atom is 0.255 e. The average Bonchev–Trinajstić information content (AvgIpc) is 2.49. The number of anilines is 1. The molecule has 1 aliphatic rings. The highest BCUT2D eigenvalue weighted by atomic mass is 16.3. The van der Waals surface area contributed by atoms with Crippen molar-refractivity contribution in [2.75, 3.05) is 5.73 Å². The van der Waals surface area contributed by atoms with Crippen LogP contribution in [0.1, 0.15) is 45.9 Å². The maximum absolute atomic E-state index is 12.5. The molecule has 114 valence electrons. The van der Waals surface area contributed by atoms with Crippen molar-refractivity contribution in [3.05, 3.63) is 58.7 Å². The third kappa shape index (κ3) is 2.77. The number of nitrogen functional groups attached to an aromatic ring is 1. The minimum atomic E-state index is -0.240. The third-order valence-corrected chi connectivity index (χ3v) is 4.18. The lowest BCUT2D eigenvalue weighted by Crippen LogP contribution is -2.31. The molecule has 0 radical (unpaired) electrons. The second-order valence-corrected chi connectivity index (χ2v) is 5.90. The lowest BCUT2D eigenvalue weighted by Gasteiger charge is -2.27. The molecule has 1 aliphatic carbocycles. The smallest absolute Gasteiger partial charge is 0.255 e. The van der Waals surface area contributed by atoms with Crippen LogP contribution in [0.25, 0.3) is 0 Å². The molecule has 1 amide bonds. The standard InChI is InChI=1S/C18H20N2O2/c1-11-5-8-17(21)15(9-11)18(22)20-16-4-2-3-12-10-13(19)6-7-14(12)16/h5-10,16,21H,2-4,19H2,1H3,(H,20,22). The SMILES string of the molecule is Cc1ccc(O)c(C(=O)NC2CCCc3cc(N)ccc32)c1. The van der Waals surface area contributed by atoms with Crippen LogP contribution in [0, 0.1) is 6.92 Å². The molecule has 4 heteroatoms. The van der Waals surface area contributed by atoms with Crippen LogP contribution in [0.5, 0.6) is 5.75 Å². The van der Waals surface area contributed by atoms with Crippen LogP contribution in [0.2, 0.25) is 0 Å². The summed E-state index contributed by atoms with van der Waals surface area (Å²) in [5.41, 5.74) is 10.2. The Hall–Kier alpha value is -2.49. The van der Waals surface area contributed by atoms with Crippen molar-refractivity contribution < 1.29 is 9.90 Å². The Morgan fingerprint density at radius 2 is 2.09 bits per heavy atom. The second kappa shape index (κ2) is 5.72. The molecule has 0 aromatic heterocycles. The number of carbonyl (C=O) groups is 1. The van der Waals surface area contributed by atoms with Crippen molar-refractivity contribution in [3.63, 3.8) is 0 Å². The van der Waals surface area contributed by atoms with E-state index in [1.807, 2.05) is 25.1 Å². The van der Waals surface area contributed by atoms with Crippen molar-refractivity contribution in [1.82, 2.24) is 5.32 Å². The van der Waals surface area contributed by atoms with Gasteiger partial charge in [0.15, 0.2) is 0 Å². The normalized spacial score (nSPS) is 16.9. The van der Waals surface area contributed by atoms with Gasteiger partial charge >= 0.3 is 0 Å². The van der Waals surface area contributed by atoms with Gasteiger partial charge in [0.25, 0.3) is 5.91 Å². The Labute approximate surface area is 130 Å². The Morgan fingerprint density at radius 3 is 2.91 bits per heavy atom. The monoisotopic (exact) mass is 296 g/mol. The van der Waals surface area contributed by atoms with E-state index in [4.69, 9.17) is 5.73 Å². The number of nitrogens with two attached hydrogens (primary N) is 1. The van der Waals surface area contributed by atoms with Gasteiger partial charge in [0.2, 0.25) is 0 Å². The average molecular weight is 296 g/mol. The molecule has 0 fully saturated rings. The summed E-state index contributed by atoms with van der Waals surface area (Å²) in [5, 5.41) is 12.9. The van der Waals surface area contributed by atoms with Gasteiger partial charge in [-0.25, -0.2) is 0 Å². The molecule has 22 heavy (non-hydrogen) atoms. The van der Waals surface area contributed by atoms with E-state index in [1.54, 1.807) is 18.2 Å². The highest BCUT2D eigenvalue weighted by Crippen LogP contribution is 2.31. The predicted octanol–water partition coefficient (Wildman–Crippen LogP) is 3.09. The van der Waals surface area contributed by atoms with Crippen molar-refractivity contribution in [1.29, 1.82) is 0 Å². The summed E-state index contributed by atoms with van der Waals surface area (Å²) in [6.07, 6.45) is 2.90. The number of rotatable bonds is 2. The van der Waals surface area contributed by atoms with Gasteiger partial charge in [-0.1, -0.05) is 17.7 Å². The molecule has 1 atom stereocenters. The first kappa shape index (κ1) is 14.4. The molecular weight excluding hydrogens is 276 g/mol. The van der Waals surface area contributed by atoms with E-state index in [9.17, 15) is 9.90 Å². The number of fused-ring (bicyclic) bond motifs is 1. The van der Waals surface area contributed by atoms with Gasteiger partial charge in [0.05, 0.1) is 11.6 Å². The zero-order chi connectivity index (χ0) is 15.7. The van der Waals surface area contributed by atoms with Crippen molar-refractivity contribution in [2.45, 2.75) is 32.2 Å². The van der Waals surface area contributed by atoms with E-state index < -0.39 is 0 Å². The number of nitrogens with one attached hydrogen (secondary N) is 1. The van der Waals surface area contributed by atoms with Gasteiger partial charge in [0, 0.05) is 5.69 Å². The van der Waals surface area contributed by atoms with E-state index in [2.05, 4.69) is 5.32 Å². The Bertz CT molecular complexity index is 725. The van der Waals surface area contributed by atoms with Crippen LogP contribution in [0.3, 0.4) is 0 Å². The van der Waals surface area contributed by atoms with Crippen LogP contribution >= 0.6 is 0 Å². The van der Waals surface area contributed by atoms with E-state index in [0.717, 1.165) is 36.1 Å². The summed E-state index contributed by atoms with van der Waals surface area (Å²) in [6.45, 7) is 1.90. The molecule has 4 N–H and O–H groups in total. The fraction of sp³-hybridized carbons (Fsp3) is 0.278. The molecule has 1 unspecified atom stereocenters. The minimum absolute atomic E-state index is 0.0106. The number of carbonyl (C=O) groups excluding carboxylic acids is 1. The van der Waals surface area contributed by atoms with E-state index in [0.29, 0.717) is 5.56 Å². The number of phenols is 1. The van der Waals surface area contributed by atoms with E-state index in [1.165, 1.54) is 5.56 Å². The minimum Gasteiger partial charge on any atom is -0.507 e. The van der Waals surface area contributed by atoms with Crippen LogP contribution in [-0.2, 0) is 6.42 Å². The molecule has 2 aromatic carbocycles. The van der Waals surface area contributed by atoms with Gasteiger partial charge < -0.3 is 16.2 Å². The molecule has 4 nitrogen and oxygen atoms in total. The molecule has 0 saturated heterocycles. The Balaban J connectivity index is 1.85. The topological polar surface area (TPSA) is 75.3 Å². The first-order valence-corrected chi connectivity index (χ1v) is 7.53. The summed E-state index contributed by atoms with van der Waals surface area (Å²) in [6, 6.07) is 10.9. The number of phenolic OH excluding ortho intramolecular Hbond substituents is 1. The maximum atomic E-state index is 12.5. The van der Waals surface area contributed by atoms with Gasteiger partial charge in [-0.15, -0.1) is 0 Å². The molecule has 0 spiro atoms. The number of amides is 1. The first-order valence-electron chi connectivity index (χ1n) is 7.53. The van der Waals surface area contributed by atoms with Crippen molar-refractivity contribution in [2.24, 2.45) is 0 Å².